The van der Waals surface area contributed by atoms with Crippen molar-refractivity contribution in [3.63, 3.8) is 0 Å². The van der Waals surface area contributed by atoms with Crippen molar-refractivity contribution < 1.29 is 33.4 Å². The van der Waals surface area contributed by atoms with Crippen molar-refractivity contribution in [2.45, 2.75) is 36.2 Å². The Balaban J connectivity index is 1.88. The largest absolute Gasteiger partial charge is 0.493 e. The van der Waals surface area contributed by atoms with Gasteiger partial charge in [0.1, 0.15) is 0 Å². The first-order chi connectivity index (χ1) is 19.2. The number of carbonyl (C=O) groups excluding carboxylic acids is 4. The van der Waals surface area contributed by atoms with Crippen LogP contribution in [0.5, 0.6) is 11.5 Å². The SMILES string of the molecule is C=CCN1C(=O)[C@@H](CCC(=O)NCC(=O)CCC(=O)OC)S[C@H](c2cccc(OC)c2OC)c2cc(Cl)ccc21. The molecule has 1 aliphatic heterocycles. The minimum absolute atomic E-state index is 0.0225. The third-order valence-corrected chi connectivity index (χ3v) is 8.17. The molecule has 0 saturated heterocycles. The number of ketones is 1. The second kappa shape index (κ2) is 14.8. The van der Waals surface area contributed by atoms with Gasteiger partial charge in [-0.2, -0.15) is 0 Å². The van der Waals surface area contributed by atoms with E-state index < -0.39 is 11.2 Å². The van der Waals surface area contributed by atoms with Gasteiger partial charge in [-0.15, -0.1) is 18.3 Å². The lowest BCUT2D eigenvalue weighted by atomic mass is 10.00. The first-order valence-corrected chi connectivity index (χ1v) is 14.0. The van der Waals surface area contributed by atoms with Gasteiger partial charge < -0.3 is 24.4 Å². The van der Waals surface area contributed by atoms with E-state index in [0.29, 0.717) is 22.2 Å². The van der Waals surface area contributed by atoms with E-state index in [-0.39, 0.29) is 61.6 Å². The van der Waals surface area contributed by atoms with Crippen LogP contribution in [0.2, 0.25) is 5.02 Å². The molecule has 0 aromatic heterocycles. The zero-order valence-corrected chi connectivity index (χ0v) is 24.3. The van der Waals surface area contributed by atoms with Crippen molar-refractivity contribution in [2.24, 2.45) is 0 Å². The Hall–Kier alpha value is -3.50. The number of esters is 1. The first-order valence-electron chi connectivity index (χ1n) is 12.7. The van der Waals surface area contributed by atoms with Crippen LogP contribution in [-0.4, -0.2) is 63.2 Å². The number of rotatable bonds is 13. The summed E-state index contributed by atoms with van der Waals surface area (Å²) < 4.78 is 15.8. The number of benzene rings is 2. The number of hydrogen-bond donors (Lipinski definition) is 1. The quantitative estimate of drug-likeness (QED) is 0.269. The van der Waals surface area contributed by atoms with Gasteiger partial charge in [-0.05, 0) is 36.2 Å². The molecule has 1 N–H and O–H groups in total. The van der Waals surface area contributed by atoms with Crippen molar-refractivity contribution >= 4 is 52.6 Å². The lowest BCUT2D eigenvalue weighted by molar-refractivity contribution is -0.141. The zero-order valence-electron chi connectivity index (χ0n) is 22.7. The molecule has 214 valence electrons. The molecule has 2 atom stereocenters. The number of Topliss-reactive ketones (excluding diaryl/α,β-unsaturated/α-hetero) is 1. The Bertz CT molecular complexity index is 1270. The van der Waals surface area contributed by atoms with Crippen LogP contribution < -0.4 is 19.7 Å². The molecule has 9 nitrogen and oxygen atoms in total. The number of anilines is 1. The topological polar surface area (TPSA) is 111 Å². The highest BCUT2D eigenvalue weighted by Gasteiger charge is 2.37. The van der Waals surface area contributed by atoms with E-state index in [2.05, 4.69) is 16.6 Å². The Morgan fingerprint density at radius 3 is 2.52 bits per heavy atom. The summed E-state index contributed by atoms with van der Waals surface area (Å²) in [5.74, 6) is -0.212. The minimum Gasteiger partial charge on any atom is -0.493 e. The van der Waals surface area contributed by atoms with Crippen LogP contribution >= 0.6 is 23.4 Å². The van der Waals surface area contributed by atoms with Gasteiger partial charge >= 0.3 is 5.97 Å². The van der Waals surface area contributed by atoms with Crippen LogP contribution in [0.1, 0.15) is 42.1 Å². The second-order valence-corrected chi connectivity index (χ2v) is 10.7. The highest BCUT2D eigenvalue weighted by molar-refractivity contribution is 8.01. The number of nitrogens with zero attached hydrogens (tertiary/aromatic N) is 1. The van der Waals surface area contributed by atoms with E-state index in [1.807, 2.05) is 24.3 Å². The van der Waals surface area contributed by atoms with Crippen LogP contribution in [0.3, 0.4) is 0 Å². The number of thioether (sulfide) groups is 1. The van der Waals surface area contributed by atoms with E-state index in [1.165, 1.54) is 18.9 Å². The summed E-state index contributed by atoms with van der Waals surface area (Å²) in [6.45, 7) is 3.90. The molecule has 0 fully saturated rings. The molecule has 0 aliphatic carbocycles. The van der Waals surface area contributed by atoms with Gasteiger partial charge in [0.25, 0.3) is 0 Å². The summed E-state index contributed by atoms with van der Waals surface area (Å²) in [5.41, 5.74) is 2.32. The Labute approximate surface area is 243 Å². The number of amides is 2. The lowest BCUT2D eigenvalue weighted by Crippen LogP contribution is -2.38. The van der Waals surface area contributed by atoms with Crippen LogP contribution in [0, 0.1) is 0 Å². The Kier molecular flexibility index (Phi) is 11.5. The van der Waals surface area contributed by atoms with Gasteiger partial charge in [0.05, 0.1) is 44.8 Å². The fourth-order valence-corrected chi connectivity index (χ4v) is 6.09. The number of carbonyl (C=O) groups is 4. The number of para-hydroxylation sites is 1. The fourth-order valence-electron chi connectivity index (χ4n) is 4.42. The van der Waals surface area contributed by atoms with Crippen LogP contribution in [-0.2, 0) is 23.9 Å². The predicted octanol–water partition coefficient (Wildman–Crippen LogP) is 4.50. The van der Waals surface area contributed by atoms with Crippen molar-refractivity contribution in [1.29, 1.82) is 0 Å². The van der Waals surface area contributed by atoms with E-state index >= 15 is 0 Å². The number of nitrogens with one attached hydrogen (secondary N) is 1. The Morgan fingerprint density at radius 1 is 1.07 bits per heavy atom. The molecule has 0 radical (unpaired) electrons. The summed E-state index contributed by atoms with van der Waals surface area (Å²) in [5, 5.41) is 2.13. The van der Waals surface area contributed by atoms with Crippen LogP contribution in [0.4, 0.5) is 5.69 Å². The number of halogens is 1. The molecule has 3 rings (SSSR count). The summed E-state index contributed by atoms with van der Waals surface area (Å²) in [6, 6.07) is 11.0. The first kappa shape index (κ1) is 31.0. The fraction of sp³-hybridized carbons (Fsp3) is 0.379. The summed E-state index contributed by atoms with van der Waals surface area (Å²) in [4.78, 5) is 51.4. The van der Waals surface area contributed by atoms with Gasteiger partial charge in [0, 0.05) is 35.7 Å². The van der Waals surface area contributed by atoms with Gasteiger partial charge in [0.15, 0.2) is 17.3 Å². The molecule has 2 amide bonds. The normalized spacial score (nSPS) is 16.4. The van der Waals surface area contributed by atoms with Gasteiger partial charge in [-0.1, -0.05) is 29.8 Å². The molecule has 0 spiro atoms. The third kappa shape index (κ3) is 7.57. The van der Waals surface area contributed by atoms with E-state index in [0.717, 1.165) is 11.1 Å². The standard InChI is InChI=1S/C29H33ClN2O7S/c1-5-15-32-22-11-9-18(30)16-21(22)28(20-7-6-8-23(37-2)27(20)39-4)40-24(29(32)36)12-13-25(34)31-17-19(33)10-14-26(35)38-3/h5-9,11,16,24,28H,1,10,12-15,17H2,2-4H3,(H,31,34)/t24-,28-/m1/s1. The van der Waals surface area contributed by atoms with E-state index in [1.54, 1.807) is 37.3 Å². The number of hydrogen-bond acceptors (Lipinski definition) is 8. The number of methoxy groups -OCH3 is 3. The molecule has 1 heterocycles. The molecular weight excluding hydrogens is 556 g/mol. The van der Waals surface area contributed by atoms with Crippen molar-refractivity contribution in [3.8, 4) is 11.5 Å². The van der Waals surface area contributed by atoms with Crippen LogP contribution in [0.15, 0.2) is 49.1 Å². The average Bonchev–Trinajstić information content (AvgIpc) is 3.07. The Morgan fingerprint density at radius 2 is 1.85 bits per heavy atom. The molecule has 0 bridgehead atoms. The maximum Gasteiger partial charge on any atom is 0.305 e. The zero-order chi connectivity index (χ0) is 29.2. The second-order valence-electron chi connectivity index (χ2n) is 8.96. The molecule has 11 heteroatoms. The number of fused-ring (bicyclic) bond motifs is 1. The van der Waals surface area contributed by atoms with Crippen molar-refractivity contribution in [2.75, 3.05) is 39.3 Å². The molecule has 0 saturated carbocycles. The van der Waals surface area contributed by atoms with Gasteiger partial charge in [-0.3, -0.25) is 19.2 Å². The molecule has 2 aromatic rings. The van der Waals surface area contributed by atoms with Gasteiger partial charge in [-0.25, -0.2) is 0 Å². The average molecular weight is 589 g/mol. The third-order valence-electron chi connectivity index (χ3n) is 6.38. The highest BCUT2D eigenvalue weighted by atomic mass is 35.5. The van der Waals surface area contributed by atoms with Crippen molar-refractivity contribution in [3.05, 3.63) is 65.2 Å². The van der Waals surface area contributed by atoms with E-state index in [9.17, 15) is 19.2 Å². The number of ether oxygens (including phenoxy) is 3. The van der Waals surface area contributed by atoms with Gasteiger partial charge in [0.2, 0.25) is 11.8 Å². The summed E-state index contributed by atoms with van der Waals surface area (Å²) in [6.07, 6.45) is 1.83. The molecule has 0 unspecified atom stereocenters. The molecule has 2 aromatic carbocycles. The highest BCUT2D eigenvalue weighted by Crippen LogP contribution is 2.51. The molecular formula is C29H33ClN2O7S. The summed E-state index contributed by atoms with van der Waals surface area (Å²) in [7, 11) is 4.37. The van der Waals surface area contributed by atoms with Crippen LogP contribution in [0.25, 0.3) is 0 Å². The molecule has 40 heavy (non-hydrogen) atoms. The maximum absolute atomic E-state index is 13.8. The molecule has 1 aliphatic rings. The predicted molar refractivity (Wildman–Crippen MR) is 155 cm³/mol. The minimum atomic E-state index is -0.604. The van der Waals surface area contributed by atoms with E-state index in [4.69, 9.17) is 21.1 Å². The summed E-state index contributed by atoms with van der Waals surface area (Å²) >= 11 is 7.83. The smallest absolute Gasteiger partial charge is 0.305 e. The monoisotopic (exact) mass is 588 g/mol. The van der Waals surface area contributed by atoms with Crippen molar-refractivity contribution in [1.82, 2.24) is 5.32 Å². The lowest BCUT2D eigenvalue weighted by Gasteiger charge is -2.24. The maximum atomic E-state index is 13.8.